The van der Waals surface area contributed by atoms with E-state index in [2.05, 4.69) is 24.1 Å². The molecule has 0 aromatic heterocycles. The van der Waals surface area contributed by atoms with E-state index in [9.17, 15) is 4.79 Å². The van der Waals surface area contributed by atoms with E-state index in [-0.39, 0.29) is 12.1 Å². The minimum Gasteiger partial charge on any atom is -0.323 e. The summed E-state index contributed by atoms with van der Waals surface area (Å²) in [4.78, 5) is 13.8. The zero-order chi connectivity index (χ0) is 10.8. The van der Waals surface area contributed by atoms with Crippen molar-refractivity contribution in [3.63, 3.8) is 0 Å². The van der Waals surface area contributed by atoms with E-state index in [0.29, 0.717) is 12.6 Å². The molecule has 2 aliphatic rings. The summed E-state index contributed by atoms with van der Waals surface area (Å²) in [6.07, 6.45) is 6.91. The number of carbonyl (C=O) groups excluding carboxylic acids is 1. The Morgan fingerprint density at radius 3 is 2.53 bits per heavy atom. The van der Waals surface area contributed by atoms with E-state index in [4.69, 9.17) is 0 Å². The number of amides is 1. The van der Waals surface area contributed by atoms with Crippen LogP contribution in [0.4, 0.5) is 0 Å². The molecule has 0 aromatic carbocycles. The van der Waals surface area contributed by atoms with Crippen LogP contribution >= 0.6 is 0 Å². The standard InChI is InChI=1S/C12H22N2O/c1-9(11-6-4-3-5-7-11)14-10(2)13-8-12(14)15/h9-11,13H,3-8H2,1-2H3. The van der Waals surface area contributed by atoms with Gasteiger partial charge in [0, 0.05) is 6.04 Å². The summed E-state index contributed by atoms with van der Waals surface area (Å²) in [5.41, 5.74) is 0. The normalized spacial score (nSPS) is 30.9. The average Bonchev–Trinajstić information content (AvgIpc) is 2.59. The largest absolute Gasteiger partial charge is 0.323 e. The highest BCUT2D eigenvalue weighted by Gasteiger charge is 2.34. The smallest absolute Gasteiger partial charge is 0.238 e. The highest BCUT2D eigenvalue weighted by Crippen LogP contribution is 2.30. The Bertz CT molecular complexity index is 236. The van der Waals surface area contributed by atoms with Gasteiger partial charge in [0.2, 0.25) is 5.91 Å². The maximum Gasteiger partial charge on any atom is 0.238 e. The van der Waals surface area contributed by atoms with Gasteiger partial charge in [-0.1, -0.05) is 19.3 Å². The molecule has 2 fully saturated rings. The first kappa shape index (κ1) is 10.9. The molecule has 0 bridgehead atoms. The second-order valence-corrected chi connectivity index (χ2v) is 5.00. The topological polar surface area (TPSA) is 32.3 Å². The summed E-state index contributed by atoms with van der Waals surface area (Å²) in [7, 11) is 0. The fraction of sp³-hybridized carbons (Fsp3) is 0.917. The van der Waals surface area contributed by atoms with Crippen LogP contribution in [0.3, 0.4) is 0 Å². The second kappa shape index (κ2) is 4.52. The van der Waals surface area contributed by atoms with Gasteiger partial charge >= 0.3 is 0 Å². The Labute approximate surface area is 92.2 Å². The van der Waals surface area contributed by atoms with Crippen LogP contribution in [0, 0.1) is 5.92 Å². The molecule has 1 heterocycles. The molecular weight excluding hydrogens is 188 g/mol. The Hall–Kier alpha value is -0.570. The van der Waals surface area contributed by atoms with Crippen LogP contribution in [0.25, 0.3) is 0 Å². The Morgan fingerprint density at radius 1 is 1.33 bits per heavy atom. The third-order valence-electron chi connectivity index (χ3n) is 4.02. The van der Waals surface area contributed by atoms with E-state index < -0.39 is 0 Å². The van der Waals surface area contributed by atoms with Crippen molar-refractivity contribution in [1.29, 1.82) is 0 Å². The molecule has 1 N–H and O–H groups in total. The fourth-order valence-corrected chi connectivity index (χ4v) is 3.06. The minimum atomic E-state index is 0.231. The number of hydrogen-bond acceptors (Lipinski definition) is 2. The fourth-order valence-electron chi connectivity index (χ4n) is 3.06. The molecule has 86 valence electrons. The summed E-state index contributed by atoms with van der Waals surface area (Å²) < 4.78 is 0. The first-order chi connectivity index (χ1) is 7.20. The van der Waals surface area contributed by atoms with Crippen molar-refractivity contribution in [2.75, 3.05) is 6.54 Å². The lowest BCUT2D eigenvalue weighted by molar-refractivity contribution is -0.131. The zero-order valence-corrected chi connectivity index (χ0v) is 9.83. The quantitative estimate of drug-likeness (QED) is 0.753. The minimum absolute atomic E-state index is 0.231. The molecule has 3 heteroatoms. The molecule has 1 aliphatic heterocycles. The lowest BCUT2D eigenvalue weighted by Crippen LogP contribution is -2.45. The second-order valence-electron chi connectivity index (χ2n) is 5.00. The maximum absolute atomic E-state index is 11.7. The molecule has 1 aliphatic carbocycles. The van der Waals surface area contributed by atoms with Crippen LogP contribution < -0.4 is 5.32 Å². The van der Waals surface area contributed by atoms with Crippen LogP contribution in [0.15, 0.2) is 0 Å². The van der Waals surface area contributed by atoms with Crippen LogP contribution in [0.1, 0.15) is 46.0 Å². The van der Waals surface area contributed by atoms with Crippen molar-refractivity contribution < 1.29 is 4.79 Å². The van der Waals surface area contributed by atoms with E-state index in [1.165, 1.54) is 32.1 Å². The van der Waals surface area contributed by atoms with Crippen LogP contribution in [0.2, 0.25) is 0 Å². The average molecular weight is 210 g/mol. The summed E-state index contributed by atoms with van der Waals surface area (Å²) in [6.45, 7) is 4.83. The van der Waals surface area contributed by atoms with Gasteiger partial charge < -0.3 is 4.90 Å². The van der Waals surface area contributed by atoms with E-state index in [0.717, 1.165) is 5.92 Å². The van der Waals surface area contributed by atoms with Gasteiger partial charge in [-0.25, -0.2) is 0 Å². The van der Waals surface area contributed by atoms with Crippen molar-refractivity contribution in [2.24, 2.45) is 5.92 Å². The Balaban J connectivity index is 1.99. The van der Waals surface area contributed by atoms with Crippen molar-refractivity contribution in [2.45, 2.75) is 58.2 Å². The number of nitrogens with one attached hydrogen (secondary N) is 1. The summed E-state index contributed by atoms with van der Waals surface area (Å²) in [6, 6.07) is 0.419. The van der Waals surface area contributed by atoms with Crippen LogP contribution in [0.5, 0.6) is 0 Å². The number of nitrogens with zero attached hydrogens (tertiary/aromatic N) is 1. The molecule has 2 atom stereocenters. The number of rotatable bonds is 2. The predicted octanol–water partition coefficient (Wildman–Crippen LogP) is 1.73. The molecule has 15 heavy (non-hydrogen) atoms. The number of hydrogen-bond donors (Lipinski definition) is 1. The van der Waals surface area contributed by atoms with Gasteiger partial charge in [-0.2, -0.15) is 0 Å². The van der Waals surface area contributed by atoms with E-state index in [1.54, 1.807) is 0 Å². The molecule has 0 spiro atoms. The monoisotopic (exact) mass is 210 g/mol. The highest BCUT2D eigenvalue weighted by atomic mass is 16.2. The third-order valence-corrected chi connectivity index (χ3v) is 4.02. The zero-order valence-electron chi connectivity index (χ0n) is 9.83. The van der Waals surface area contributed by atoms with Crippen LogP contribution in [-0.2, 0) is 4.79 Å². The molecule has 1 saturated heterocycles. The van der Waals surface area contributed by atoms with Gasteiger partial charge in [0.15, 0.2) is 0 Å². The molecule has 0 radical (unpaired) electrons. The molecule has 1 amide bonds. The highest BCUT2D eigenvalue weighted by molar-refractivity contribution is 5.80. The molecule has 2 unspecified atom stereocenters. The molecule has 2 rings (SSSR count). The van der Waals surface area contributed by atoms with Gasteiger partial charge in [-0.05, 0) is 32.6 Å². The van der Waals surface area contributed by atoms with Crippen molar-refractivity contribution in [3.05, 3.63) is 0 Å². The predicted molar refractivity (Wildman–Crippen MR) is 60.3 cm³/mol. The van der Waals surface area contributed by atoms with E-state index in [1.807, 2.05) is 0 Å². The lowest BCUT2D eigenvalue weighted by Gasteiger charge is -2.36. The van der Waals surface area contributed by atoms with Crippen LogP contribution in [-0.4, -0.2) is 29.6 Å². The number of carbonyl (C=O) groups is 1. The van der Waals surface area contributed by atoms with Crippen molar-refractivity contribution in [1.82, 2.24) is 10.2 Å². The van der Waals surface area contributed by atoms with Crippen molar-refractivity contribution in [3.8, 4) is 0 Å². The Kier molecular flexibility index (Phi) is 3.29. The first-order valence-electron chi connectivity index (χ1n) is 6.24. The van der Waals surface area contributed by atoms with Gasteiger partial charge in [0.25, 0.3) is 0 Å². The first-order valence-corrected chi connectivity index (χ1v) is 6.24. The summed E-state index contributed by atoms with van der Waals surface area (Å²) in [5.74, 6) is 1.01. The van der Waals surface area contributed by atoms with Crippen molar-refractivity contribution >= 4 is 5.91 Å². The SMILES string of the molecule is CC1NCC(=O)N1C(C)C1CCCCC1. The molecule has 3 nitrogen and oxygen atoms in total. The maximum atomic E-state index is 11.7. The van der Waals surface area contributed by atoms with Gasteiger partial charge in [-0.3, -0.25) is 10.1 Å². The molecular formula is C12H22N2O. The Morgan fingerprint density at radius 2 is 2.00 bits per heavy atom. The summed E-state index contributed by atoms with van der Waals surface area (Å²) in [5, 5.41) is 3.22. The molecule has 0 aromatic rings. The van der Waals surface area contributed by atoms with Gasteiger partial charge in [-0.15, -0.1) is 0 Å². The summed E-state index contributed by atoms with van der Waals surface area (Å²) >= 11 is 0. The van der Waals surface area contributed by atoms with E-state index >= 15 is 0 Å². The van der Waals surface area contributed by atoms with Gasteiger partial charge in [0.05, 0.1) is 12.7 Å². The van der Waals surface area contributed by atoms with Gasteiger partial charge in [0.1, 0.15) is 0 Å². The molecule has 1 saturated carbocycles. The third kappa shape index (κ3) is 2.17. The lowest BCUT2D eigenvalue weighted by atomic mass is 9.84.